The van der Waals surface area contributed by atoms with Crippen LogP contribution < -0.4 is 4.89 Å². The highest BCUT2D eigenvalue weighted by Crippen LogP contribution is 2.58. The number of hydrogen-bond acceptors (Lipinski definition) is 4. The molecule has 0 radical (unpaired) electrons. The Bertz CT molecular complexity index is 782. The van der Waals surface area contributed by atoms with Crippen molar-refractivity contribution in [3.05, 3.63) is 33.3 Å². The van der Waals surface area contributed by atoms with E-state index in [-0.39, 0.29) is 22.0 Å². The van der Waals surface area contributed by atoms with Gasteiger partial charge in [-0.05, 0) is 48.5 Å². The summed E-state index contributed by atoms with van der Waals surface area (Å²) in [5.74, 6) is 0.239. The van der Waals surface area contributed by atoms with Gasteiger partial charge in [0.05, 0.1) is 5.02 Å². The molecule has 1 atom stereocenters. The number of benzene rings is 1. The van der Waals surface area contributed by atoms with Gasteiger partial charge in [-0.1, -0.05) is 37.0 Å². The van der Waals surface area contributed by atoms with Crippen LogP contribution in [0.3, 0.4) is 0 Å². The van der Waals surface area contributed by atoms with E-state index in [0.717, 1.165) is 36.0 Å². The highest BCUT2D eigenvalue weighted by Gasteiger charge is 2.46. The van der Waals surface area contributed by atoms with Gasteiger partial charge in [-0.3, -0.25) is 14.6 Å². The van der Waals surface area contributed by atoms with Gasteiger partial charge in [-0.25, -0.2) is 4.79 Å². The van der Waals surface area contributed by atoms with E-state index < -0.39 is 5.97 Å². The van der Waals surface area contributed by atoms with Gasteiger partial charge in [-0.2, -0.15) is 0 Å². The molecule has 25 heavy (non-hydrogen) atoms. The van der Waals surface area contributed by atoms with Crippen molar-refractivity contribution in [1.82, 2.24) is 0 Å². The van der Waals surface area contributed by atoms with Crippen molar-refractivity contribution in [2.45, 2.75) is 46.5 Å². The second-order valence-corrected chi connectivity index (χ2v) is 8.03. The maximum atomic E-state index is 12.0. The van der Waals surface area contributed by atoms with Crippen LogP contribution in [0.2, 0.25) is 10.0 Å². The summed E-state index contributed by atoms with van der Waals surface area (Å²) < 4.78 is 0. The summed E-state index contributed by atoms with van der Waals surface area (Å²) in [7, 11) is 0. The first-order valence-corrected chi connectivity index (χ1v) is 9.10. The highest BCUT2D eigenvalue weighted by atomic mass is 35.5. The molecule has 1 aromatic rings. The zero-order valence-electron chi connectivity index (χ0n) is 14.4. The highest BCUT2D eigenvalue weighted by molar-refractivity contribution is 6.44. The van der Waals surface area contributed by atoms with Crippen molar-refractivity contribution in [2.75, 3.05) is 0 Å². The Morgan fingerprint density at radius 1 is 1.32 bits per heavy atom. The minimum Gasteiger partial charge on any atom is -0.295 e. The van der Waals surface area contributed by atoms with Crippen molar-refractivity contribution >= 4 is 40.5 Å². The minimum absolute atomic E-state index is 0.0998. The molecule has 1 unspecified atom stereocenters. The lowest BCUT2D eigenvalue weighted by Crippen LogP contribution is -2.27. The number of ketones is 1. The van der Waals surface area contributed by atoms with Crippen LogP contribution in [0.5, 0.6) is 5.75 Å². The van der Waals surface area contributed by atoms with Crippen LogP contribution in [-0.4, -0.2) is 11.8 Å². The molecular formula is C19H20Cl2O4. The van der Waals surface area contributed by atoms with Gasteiger partial charge in [0.1, 0.15) is 5.02 Å². The average molecular weight is 383 g/mol. The first-order valence-electron chi connectivity index (χ1n) is 8.35. The average Bonchev–Trinajstić information content (AvgIpc) is 2.82. The van der Waals surface area contributed by atoms with E-state index in [1.54, 1.807) is 12.1 Å². The molecule has 0 spiro atoms. The number of fused-ring (bicyclic) bond motifs is 3. The fourth-order valence-electron chi connectivity index (χ4n) is 4.08. The number of carbonyl (C=O) groups excluding carboxylic acids is 2. The van der Waals surface area contributed by atoms with Crippen LogP contribution in [-0.2, 0) is 20.9 Å². The van der Waals surface area contributed by atoms with Crippen molar-refractivity contribution in [3.63, 3.8) is 0 Å². The molecule has 0 amide bonds. The van der Waals surface area contributed by atoms with Crippen LogP contribution in [0.15, 0.2) is 12.1 Å². The lowest BCUT2D eigenvalue weighted by molar-refractivity contribution is -0.210. The van der Waals surface area contributed by atoms with E-state index in [1.807, 2.05) is 0 Å². The Balaban J connectivity index is 2.10. The molecule has 0 saturated heterocycles. The monoisotopic (exact) mass is 382 g/mol. The third-order valence-electron chi connectivity index (χ3n) is 4.83. The van der Waals surface area contributed by atoms with Crippen LogP contribution >= 0.6 is 23.2 Å². The van der Waals surface area contributed by atoms with Crippen molar-refractivity contribution in [2.24, 2.45) is 11.3 Å². The zero-order valence-corrected chi connectivity index (χ0v) is 16.0. The lowest BCUT2D eigenvalue weighted by atomic mass is 9.68. The van der Waals surface area contributed by atoms with Gasteiger partial charge < -0.3 is 0 Å². The molecule has 1 aromatic carbocycles. The summed E-state index contributed by atoms with van der Waals surface area (Å²) in [6.07, 6.45) is 4.82. The molecule has 0 aliphatic heterocycles. The van der Waals surface area contributed by atoms with Gasteiger partial charge in [0.25, 0.3) is 0 Å². The summed E-state index contributed by atoms with van der Waals surface area (Å²) in [4.78, 5) is 32.7. The molecule has 0 N–H and O–H groups in total. The Hall–Kier alpha value is -1.52. The topological polar surface area (TPSA) is 52.6 Å². The van der Waals surface area contributed by atoms with Gasteiger partial charge in [0.2, 0.25) is 0 Å². The summed E-state index contributed by atoms with van der Waals surface area (Å²) in [6, 6.07) is 1.76. The molecule has 0 aromatic heterocycles. The standard InChI is InChI=1S/C19H20Cl2O4/c1-10(2)8-19-5-4-13(23)7-14(19)16-12(9-19)6-15(17(20)18(16)21)25-24-11(3)22/h6-7,10H,4-5,8-9H2,1-3H3. The molecular weight excluding hydrogens is 363 g/mol. The largest absolute Gasteiger partial charge is 0.352 e. The SMILES string of the molecule is CC(=O)OOc1cc2c(c(Cl)c1Cl)C1=CC(=O)CCC1(CC(C)C)C2. The summed E-state index contributed by atoms with van der Waals surface area (Å²) in [6.45, 7) is 5.59. The molecule has 4 nitrogen and oxygen atoms in total. The predicted octanol–water partition coefficient (Wildman–Crippen LogP) is 5.19. The number of rotatable bonds is 4. The van der Waals surface area contributed by atoms with E-state index in [2.05, 4.69) is 18.7 Å². The molecule has 2 aliphatic carbocycles. The second-order valence-electron chi connectivity index (χ2n) is 7.27. The first-order chi connectivity index (χ1) is 11.7. The first kappa shape index (κ1) is 18.3. The Morgan fingerprint density at radius 2 is 2.04 bits per heavy atom. The molecule has 0 saturated carbocycles. The zero-order chi connectivity index (χ0) is 18.4. The fraction of sp³-hybridized carbons (Fsp3) is 0.474. The smallest absolute Gasteiger partial charge is 0.295 e. The summed E-state index contributed by atoms with van der Waals surface area (Å²) in [5.41, 5.74) is 2.68. The van der Waals surface area contributed by atoms with Gasteiger partial charge in [0.15, 0.2) is 11.5 Å². The van der Waals surface area contributed by atoms with Crippen LogP contribution in [0.25, 0.3) is 5.57 Å². The van der Waals surface area contributed by atoms with E-state index >= 15 is 0 Å². The third kappa shape index (κ3) is 3.30. The quantitative estimate of drug-likeness (QED) is 0.531. The molecule has 3 rings (SSSR count). The number of hydrogen-bond donors (Lipinski definition) is 0. The normalized spacial score (nSPS) is 21.7. The van der Waals surface area contributed by atoms with Crippen LogP contribution in [0.4, 0.5) is 0 Å². The number of allylic oxidation sites excluding steroid dienone is 2. The molecule has 0 bridgehead atoms. The minimum atomic E-state index is -0.578. The van der Waals surface area contributed by atoms with Crippen LogP contribution in [0, 0.1) is 11.3 Å². The molecule has 0 fully saturated rings. The Labute approximate surface area is 157 Å². The molecule has 2 aliphatic rings. The lowest BCUT2D eigenvalue weighted by Gasteiger charge is -2.35. The number of carbonyl (C=O) groups is 2. The third-order valence-corrected chi connectivity index (χ3v) is 5.68. The molecule has 134 valence electrons. The van der Waals surface area contributed by atoms with E-state index in [4.69, 9.17) is 28.1 Å². The molecule has 0 heterocycles. The Kier molecular flexibility index (Phi) is 4.86. The predicted molar refractivity (Wildman–Crippen MR) is 96.7 cm³/mol. The van der Waals surface area contributed by atoms with E-state index in [9.17, 15) is 9.59 Å². The van der Waals surface area contributed by atoms with Crippen molar-refractivity contribution < 1.29 is 19.4 Å². The maximum Gasteiger partial charge on any atom is 0.352 e. The van der Waals surface area contributed by atoms with E-state index in [0.29, 0.717) is 17.4 Å². The molecule has 6 heteroatoms. The van der Waals surface area contributed by atoms with Crippen molar-refractivity contribution in [1.29, 1.82) is 0 Å². The van der Waals surface area contributed by atoms with Crippen LogP contribution in [0.1, 0.15) is 51.2 Å². The summed E-state index contributed by atoms with van der Waals surface area (Å²) >= 11 is 12.8. The van der Waals surface area contributed by atoms with E-state index in [1.165, 1.54) is 6.92 Å². The van der Waals surface area contributed by atoms with Gasteiger partial charge in [0, 0.05) is 24.3 Å². The van der Waals surface area contributed by atoms with Crippen molar-refractivity contribution in [3.8, 4) is 5.75 Å². The second kappa shape index (κ2) is 6.65. The fourth-order valence-corrected chi connectivity index (χ4v) is 4.58. The Morgan fingerprint density at radius 3 is 2.68 bits per heavy atom. The van der Waals surface area contributed by atoms with Gasteiger partial charge >= 0.3 is 5.97 Å². The number of halogens is 2. The maximum absolute atomic E-state index is 12.0. The summed E-state index contributed by atoms with van der Waals surface area (Å²) in [5, 5.41) is 0.522. The van der Waals surface area contributed by atoms with Gasteiger partial charge in [-0.15, -0.1) is 0 Å².